The van der Waals surface area contributed by atoms with E-state index in [1.165, 1.54) is 0 Å². The molecule has 1 atom stereocenters. The lowest BCUT2D eigenvalue weighted by Crippen LogP contribution is -2.28. The molecule has 0 aliphatic rings. The second-order valence-electron chi connectivity index (χ2n) is 2.41. The Labute approximate surface area is 61.4 Å². The van der Waals surface area contributed by atoms with E-state index in [0.29, 0.717) is 12.6 Å². The van der Waals surface area contributed by atoms with Crippen molar-refractivity contribution in [1.29, 1.82) is 0 Å². The largest absolute Gasteiger partial charge is 0.396 e. The molecule has 2 nitrogen and oxygen atoms in total. The summed E-state index contributed by atoms with van der Waals surface area (Å²) in [7, 11) is 0. The predicted molar refractivity (Wildman–Crippen MR) is 39.8 cm³/mol. The van der Waals surface area contributed by atoms with Crippen molar-refractivity contribution < 1.29 is 9.50 Å². The molecule has 3 heteroatoms. The summed E-state index contributed by atoms with van der Waals surface area (Å²) in [5, 5.41) is 11.4. The van der Waals surface area contributed by atoms with Crippen LogP contribution >= 0.6 is 0 Å². The highest BCUT2D eigenvalue weighted by molar-refractivity contribution is 4.58. The molecule has 2 N–H and O–H groups in total. The van der Waals surface area contributed by atoms with E-state index in [4.69, 9.17) is 5.11 Å². The molecule has 0 saturated heterocycles. The third-order valence-corrected chi connectivity index (χ3v) is 1.38. The van der Waals surface area contributed by atoms with Crippen molar-refractivity contribution in [2.24, 2.45) is 0 Å². The number of aliphatic hydroxyl groups is 1. The van der Waals surface area contributed by atoms with Gasteiger partial charge < -0.3 is 10.4 Å². The third kappa shape index (κ3) is 5.98. The molecule has 0 aromatic rings. The highest BCUT2D eigenvalue weighted by Gasteiger charge is 1.98. The van der Waals surface area contributed by atoms with Crippen LogP contribution in [0.1, 0.15) is 19.8 Å². The van der Waals surface area contributed by atoms with Gasteiger partial charge in [-0.05, 0) is 19.8 Å². The fourth-order valence-electron chi connectivity index (χ4n) is 0.800. The van der Waals surface area contributed by atoms with Gasteiger partial charge in [0.1, 0.15) is 6.67 Å². The molecule has 0 aromatic carbocycles. The van der Waals surface area contributed by atoms with E-state index in [-0.39, 0.29) is 13.3 Å². The van der Waals surface area contributed by atoms with Crippen LogP contribution in [0.2, 0.25) is 0 Å². The maximum absolute atomic E-state index is 11.6. The van der Waals surface area contributed by atoms with Crippen LogP contribution in [-0.4, -0.2) is 31.0 Å². The molecule has 10 heavy (non-hydrogen) atoms. The average molecular weight is 149 g/mol. The molecule has 0 aliphatic carbocycles. The SMILES string of the molecule is CC(CCCO)NCCF. The number of rotatable bonds is 6. The van der Waals surface area contributed by atoms with Gasteiger partial charge in [-0.2, -0.15) is 0 Å². The lowest BCUT2D eigenvalue weighted by Gasteiger charge is -2.10. The Kier molecular flexibility index (Phi) is 6.86. The van der Waals surface area contributed by atoms with Crippen LogP contribution in [0.3, 0.4) is 0 Å². The smallest absolute Gasteiger partial charge is 0.102 e. The Morgan fingerprint density at radius 3 is 2.80 bits per heavy atom. The highest BCUT2D eigenvalue weighted by atomic mass is 19.1. The van der Waals surface area contributed by atoms with Crippen molar-refractivity contribution in [3.05, 3.63) is 0 Å². The normalized spacial score (nSPS) is 13.5. The van der Waals surface area contributed by atoms with Crippen molar-refractivity contribution in [1.82, 2.24) is 5.32 Å². The topological polar surface area (TPSA) is 32.3 Å². The molecule has 62 valence electrons. The number of nitrogens with one attached hydrogen (secondary N) is 1. The number of halogens is 1. The van der Waals surface area contributed by atoms with E-state index in [1.807, 2.05) is 6.92 Å². The molecule has 0 spiro atoms. The van der Waals surface area contributed by atoms with Gasteiger partial charge in [-0.25, -0.2) is 4.39 Å². The number of aliphatic hydroxyl groups excluding tert-OH is 1. The van der Waals surface area contributed by atoms with E-state index in [9.17, 15) is 4.39 Å². The monoisotopic (exact) mass is 149 g/mol. The first kappa shape index (κ1) is 9.85. The van der Waals surface area contributed by atoms with E-state index in [0.717, 1.165) is 12.8 Å². The summed E-state index contributed by atoms with van der Waals surface area (Å²) in [4.78, 5) is 0. The van der Waals surface area contributed by atoms with Crippen molar-refractivity contribution in [3.63, 3.8) is 0 Å². The Morgan fingerprint density at radius 1 is 1.60 bits per heavy atom. The maximum atomic E-state index is 11.6. The molecule has 0 bridgehead atoms. The van der Waals surface area contributed by atoms with Gasteiger partial charge in [-0.1, -0.05) is 0 Å². The Morgan fingerprint density at radius 2 is 2.30 bits per heavy atom. The second kappa shape index (κ2) is 6.96. The lowest BCUT2D eigenvalue weighted by atomic mass is 10.2. The molecule has 0 aromatic heterocycles. The molecule has 0 fully saturated rings. The summed E-state index contributed by atoms with van der Waals surface area (Å²) in [6.07, 6.45) is 1.71. The highest BCUT2D eigenvalue weighted by Crippen LogP contribution is 1.93. The minimum atomic E-state index is -0.316. The lowest BCUT2D eigenvalue weighted by molar-refractivity contribution is 0.276. The van der Waals surface area contributed by atoms with Crippen LogP contribution < -0.4 is 5.32 Å². The van der Waals surface area contributed by atoms with Crippen molar-refractivity contribution in [3.8, 4) is 0 Å². The molecule has 0 radical (unpaired) electrons. The molecule has 0 saturated carbocycles. The van der Waals surface area contributed by atoms with E-state index >= 15 is 0 Å². The first-order chi connectivity index (χ1) is 4.81. The minimum absolute atomic E-state index is 0.224. The summed E-state index contributed by atoms with van der Waals surface area (Å²) in [5.41, 5.74) is 0. The average Bonchev–Trinajstić information content (AvgIpc) is 1.97. The van der Waals surface area contributed by atoms with Gasteiger partial charge >= 0.3 is 0 Å². The molecule has 0 rings (SSSR count). The van der Waals surface area contributed by atoms with Gasteiger partial charge in [0, 0.05) is 19.2 Å². The van der Waals surface area contributed by atoms with Crippen LogP contribution in [0.15, 0.2) is 0 Å². The molecular formula is C7H16FNO. The van der Waals surface area contributed by atoms with Gasteiger partial charge in [0.25, 0.3) is 0 Å². The van der Waals surface area contributed by atoms with Crippen LogP contribution in [0.4, 0.5) is 4.39 Å². The Hall–Kier alpha value is -0.150. The molecule has 1 unspecified atom stereocenters. The van der Waals surface area contributed by atoms with Gasteiger partial charge in [0.15, 0.2) is 0 Å². The van der Waals surface area contributed by atoms with Crippen LogP contribution in [0.5, 0.6) is 0 Å². The summed E-state index contributed by atoms with van der Waals surface area (Å²) < 4.78 is 11.6. The van der Waals surface area contributed by atoms with Gasteiger partial charge in [0.2, 0.25) is 0 Å². The van der Waals surface area contributed by atoms with Crippen molar-refractivity contribution in [2.45, 2.75) is 25.8 Å². The Bertz CT molecular complexity index is 62.6. The summed E-state index contributed by atoms with van der Waals surface area (Å²) in [6, 6.07) is 0.322. The quantitative estimate of drug-likeness (QED) is 0.583. The molecule has 0 amide bonds. The zero-order valence-electron chi connectivity index (χ0n) is 6.44. The summed E-state index contributed by atoms with van der Waals surface area (Å²) in [5.74, 6) is 0. The maximum Gasteiger partial charge on any atom is 0.102 e. The van der Waals surface area contributed by atoms with Gasteiger partial charge in [-0.3, -0.25) is 0 Å². The summed E-state index contributed by atoms with van der Waals surface area (Å²) >= 11 is 0. The van der Waals surface area contributed by atoms with Crippen LogP contribution in [0, 0.1) is 0 Å². The van der Waals surface area contributed by atoms with Crippen LogP contribution in [0.25, 0.3) is 0 Å². The summed E-state index contributed by atoms with van der Waals surface area (Å²) in [6.45, 7) is 2.32. The number of hydrogen-bond donors (Lipinski definition) is 2. The minimum Gasteiger partial charge on any atom is -0.396 e. The fraction of sp³-hybridized carbons (Fsp3) is 1.00. The van der Waals surface area contributed by atoms with Crippen LogP contribution in [-0.2, 0) is 0 Å². The first-order valence-electron chi connectivity index (χ1n) is 3.71. The van der Waals surface area contributed by atoms with Gasteiger partial charge in [-0.15, -0.1) is 0 Å². The zero-order valence-corrected chi connectivity index (χ0v) is 6.44. The van der Waals surface area contributed by atoms with E-state index in [2.05, 4.69) is 5.32 Å². The van der Waals surface area contributed by atoms with E-state index in [1.54, 1.807) is 0 Å². The van der Waals surface area contributed by atoms with Crippen molar-refractivity contribution in [2.75, 3.05) is 19.8 Å². The number of alkyl halides is 1. The zero-order chi connectivity index (χ0) is 7.82. The fourth-order valence-corrected chi connectivity index (χ4v) is 0.800. The van der Waals surface area contributed by atoms with Crippen molar-refractivity contribution >= 4 is 0 Å². The first-order valence-corrected chi connectivity index (χ1v) is 3.71. The molecule has 0 aliphatic heterocycles. The van der Waals surface area contributed by atoms with E-state index < -0.39 is 0 Å². The second-order valence-corrected chi connectivity index (χ2v) is 2.41. The third-order valence-electron chi connectivity index (χ3n) is 1.38. The molecule has 0 heterocycles. The number of hydrogen-bond acceptors (Lipinski definition) is 2. The Balaban J connectivity index is 3.00. The molecular weight excluding hydrogens is 133 g/mol. The van der Waals surface area contributed by atoms with Gasteiger partial charge in [0.05, 0.1) is 0 Å². The predicted octanol–water partition coefficient (Wildman–Crippen LogP) is 0.707. The standard InChI is InChI=1S/C7H16FNO/c1-7(3-2-6-10)9-5-4-8/h7,9-10H,2-6H2,1H3.